The minimum absolute atomic E-state index is 0. The Bertz CT molecular complexity index is 974. The normalized spacial score (nSPS) is 13.4. The Morgan fingerprint density at radius 3 is 2.66 bits per heavy atom. The number of halogens is 1. The molecule has 174 valence electrons. The molecule has 0 fully saturated rings. The van der Waals surface area contributed by atoms with Gasteiger partial charge in [0.2, 0.25) is 0 Å². The van der Waals surface area contributed by atoms with Crippen molar-refractivity contribution in [3.05, 3.63) is 71.4 Å². The van der Waals surface area contributed by atoms with Gasteiger partial charge in [0.1, 0.15) is 0 Å². The number of ether oxygens (including phenoxy) is 1. The molecule has 3 aromatic rings. The molecule has 0 bridgehead atoms. The maximum atomic E-state index is 10.3. The molecule has 1 aromatic heterocycles. The summed E-state index contributed by atoms with van der Waals surface area (Å²) in [6.45, 7) is 8.20. The number of fused-ring (bicyclic) bond motifs is 1. The van der Waals surface area contributed by atoms with E-state index in [9.17, 15) is 5.11 Å². The summed E-state index contributed by atoms with van der Waals surface area (Å²) in [5.41, 5.74) is 4.84. The number of aliphatic hydroxyl groups excluding tert-OH is 1. The smallest absolute Gasteiger partial charge is 0.191 e. The lowest BCUT2D eigenvalue weighted by Crippen LogP contribution is -2.39. The molecular formula is C25H35IN4O2. The molecule has 6 nitrogen and oxygen atoms in total. The number of aromatic nitrogens is 1. The number of guanidine groups is 1. The lowest BCUT2D eigenvalue weighted by atomic mass is 10.1. The fraction of sp³-hybridized carbons (Fsp3) is 0.400. The summed E-state index contributed by atoms with van der Waals surface area (Å²) in [6.07, 6.45) is 2.25. The molecule has 2 unspecified atom stereocenters. The zero-order valence-corrected chi connectivity index (χ0v) is 21.4. The van der Waals surface area contributed by atoms with Gasteiger partial charge < -0.3 is 25.5 Å². The molecule has 0 saturated heterocycles. The highest BCUT2D eigenvalue weighted by molar-refractivity contribution is 14.0. The van der Waals surface area contributed by atoms with E-state index in [1.165, 1.54) is 22.0 Å². The summed E-state index contributed by atoms with van der Waals surface area (Å²) in [4.78, 5) is 7.87. The Morgan fingerprint density at radius 2 is 1.91 bits per heavy atom. The summed E-state index contributed by atoms with van der Waals surface area (Å²) < 4.78 is 5.80. The van der Waals surface area contributed by atoms with E-state index < -0.39 is 6.10 Å². The van der Waals surface area contributed by atoms with Gasteiger partial charge in [-0.15, -0.1) is 24.0 Å². The monoisotopic (exact) mass is 550 g/mol. The van der Waals surface area contributed by atoms with Gasteiger partial charge in [0.25, 0.3) is 0 Å². The Kier molecular flexibility index (Phi) is 11.0. The lowest BCUT2D eigenvalue weighted by molar-refractivity contribution is 0.00112. The number of rotatable bonds is 10. The maximum absolute atomic E-state index is 10.3. The molecule has 32 heavy (non-hydrogen) atoms. The van der Waals surface area contributed by atoms with Crippen molar-refractivity contribution in [2.24, 2.45) is 4.99 Å². The molecule has 0 amide bonds. The van der Waals surface area contributed by atoms with Crippen LogP contribution in [-0.4, -0.2) is 48.4 Å². The second-order valence-electron chi connectivity index (χ2n) is 7.75. The van der Waals surface area contributed by atoms with Crippen molar-refractivity contribution in [3.8, 4) is 0 Å². The van der Waals surface area contributed by atoms with Crippen LogP contribution in [-0.2, 0) is 11.2 Å². The van der Waals surface area contributed by atoms with Gasteiger partial charge in [-0.1, -0.05) is 42.5 Å². The topological polar surface area (TPSA) is 81.7 Å². The molecule has 0 saturated carbocycles. The number of hydrogen-bond donors (Lipinski definition) is 4. The minimum Gasteiger partial charge on any atom is -0.389 e. The first-order chi connectivity index (χ1) is 15.1. The van der Waals surface area contributed by atoms with Crippen LogP contribution in [0.5, 0.6) is 0 Å². The molecule has 0 radical (unpaired) electrons. The summed E-state index contributed by atoms with van der Waals surface area (Å²) in [5, 5.41) is 18.2. The standard InChI is InChI=1S/C25H34N4O2.HI/c1-4-26-25(27-14-13-21-15-28-23-12-8-9-18(2)24(21)23)29-16-22(30)17-31-19(3)20-10-6-5-7-11-20;/h5-12,15,19,22,28,30H,4,13-14,16-17H2,1-3H3,(H2,26,27,29);1H. The Morgan fingerprint density at radius 1 is 1.12 bits per heavy atom. The van der Waals surface area contributed by atoms with Crippen molar-refractivity contribution in [1.82, 2.24) is 15.6 Å². The predicted molar refractivity (Wildman–Crippen MR) is 143 cm³/mol. The van der Waals surface area contributed by atoms with E-state index in [2.05, 4.69) is 51.9 Å². The lowest BCUT2D eigenvalue weighted by Gasteiger charge is -2.17. The van der Waals surface area contributed by atoms with Crippen molar-refractivity contribution in [2.45, 2.75) is 39.4 Å². The van der Waals surface area contributed by atoms with E-state index in [4.69, 9.17) is 4.74 Å². The third-order valence-corrected chi connectivity index (χ3v) is 5.29. The van der Waals surface area contributed by atoms with E-state index in [1.54, 1.807) is 0 Å². The fourth-order valence-corrected chi connectivity index (χ4v) is 3.63. The van der Waals surface area contributed by atoms with Crippen LogP contribution < -0.4 is 10.6 Å². The van der Waals surface area contributed by atoms with E-state index in [0.29, 0.717) is 5.96 Å². The molecule has 0 aliphatic heterocycles. The maximum Gasteiger partial charge on any atom is 0.191 e. The molecule has 2 aromatic carbocycles. The molecule has 7 heteroatoms. The number of nitrogens with one attached hydrogen (secondary N) is 3. The molecule has 0 aliphatic rings. The van der Waals surface area contributed by atoms with E-state index >= 15 is 0 Å². The van der Waals surface area contributed by atoms with Gasteiger partial charge in [0, 0.05) is 30.2 Å². The van der Waals surface area contributed by atoms with E-state index in [-0.39, 0.29) is 43.2 Å². The number of aliphatic hydroxyl groups is 1. The number of benzene rings is 2. The van der Waals surface area contributed by atoms with Gasteiger partial charge >= 0.3 is 0 Å². The summed E-state index contributed by atoms with van der Waals surface area (Å²) >= 11 is 0. The average molecular weight is 550 g/mol. The third kappa shape index (κ3) is 7.50. The Balaban J connectivity index is 0.00000363. The molecule has 0 spiro atoms. The van der Waals surface area contributed by atoms with Gasteiger partial charge in [-0.3, -0.25) is 4.99 Å². The van der Waals surface area contributed by atoms with Crippen molar-refractivity contribution in [2.75, 3.05) is 26.2 Å². The van der Waals surface area contributed by atoms with Gasteiger partial charge in [-0.05, 0) is 49.9 Å². The number of aryl methyl sites for hydroxylation is 1. The predicted octanol–water partition coefficient (Wildman–Crippen LogP) is 4.33. The first-order valence-electron chi connectivity index (χ1n) is 11.0. The van der Waals surface area contributed by atoms with Crippen LogP contribution >= 0.6 is 24.0 Å². The van der Waals surface area contributed by atoms with Crippen LogP contribution in [0.1, 0.15) is 36.6 Å². The Labute approximate surface area is 207 Å². The highest BCUT2D eigenvalue weighted by Crippen LogP contribution is 2.22. The second-order valence-corrected chi connectivity index (χ2v) is 7.75. The highest BCUT2D eigenvalue weighted by Gasteiger charge is 2.10. The van der Waals surface area contributed by atoms with Crippen molar-refractivity contribution in [3.63, 3.8) is 0 Å². The molecule has 2 atom stereocenters. The SMILES string of the molecule is CCNC(=NCC(O)COC(C)c1ccccc1)NCCc1c[nH]c2cccc(C)c12.I. The average Bonchev–Trinajstić information content (AvgIpc) is 3.20. The number of H-pyrrole nitrogens is 1. The van der Waals surface area contributed by atoms with E-state index in [1.807, 2.05) is 44.2 Å². The third-order valence-electron chi connectivity index (χ3n) is 5.29. The molecule has 4 N–H and O–H groups in total. The molecule has 0 aliphatic carbocycles. The Hall–Kier alpha value is -2.10. The fourth-order valence-electron chi connectivity index (χ4n) is 3.63. The first kappa shape index (κ1) is 26.2. The van der Waals surface area contributed by atoms with Gasteiger partial charge in [-0.25, -0.2) is 0 Å². The summed E-state index contributed by atoms with van der Waals surface area (Å²) in [6, 6.07) is 16.3. The number of aliphatic imine (C=N–C) groups is 1. The summed E-state index contributed by atoms with van der Waals surface area (Å²) in [7, 11) is 0. The van der Waals surface area contributed by atoms with Crippen molar-refractivity contribution in [1.29, 1.82) is 0 Å². The van der Waals surface area contributed by atoms with Gasteiger partial charge in [0.05, 0.1) is 25.4 Å². The van der Waals surface area contributed by atoms with Crippen LogP contribution in [0.2, 0.25) is 0 Å². The minimum atomic E-state index is -0.655. The van der Waals surface area contributed by atoms with Crippen molar-refractivity contribution >= 4 is 40.8 Å². The first-order valence-corrected chi connectivity index (χ1v) is 11.0. The van der Waals surface area contributed by atoms with E-state index in [0.717, 1.165) is 25.1 Å². The number of hydrogen-bond acceptors (Lipinski definition) is 3. The zero-order valence-electron chi connectivity index (χ0n) is 19.1. The van der Waals surface area contributed by atoms with Crippen LogP contribution in [0.15, 0.2) is 59.7 Å². The molecule has 3 rings (SSSR count). The molecule has 1 heterocycles. The van der Waals surface area contributed by atoms with Crippen LogP contribution in [0.4, 0.5) is 0 Å². The van der Waals surface area contributed by atoms with Gasteiger partial charge in [0.15, 0.2) is 5.96 Å². The van der Waals surface area contributed by atoms with Gasteiger partial charge in [-0.2, -0.15) is 0 Å². The van der Waals surface area contributed by atoms with Crippen LogP contribution in [0.3, 0.4) is 0 Å². The molecular weight excluding hydrogens is 515 g/mol. The number of nitrogens with zero attached hydrogens (tertiary/aromatic N) is 1. The second kappa shape index (κ2) is 13.4. The number of aromatic amines is 1. The largest absolute Gasteiger partial charge is 0.389 e. The van der Waals surface area contributed by atoms with Crippen LogP contribution in [0, 0.1) is 6.92 Å². The zero-order chi connectivity index (χ0) is 22.1. The van der Waals surface area contributed by atoms with Crippen LogP contribution in [0.25, 0.3) is 10.9 Å². The quantitative estimate of drug-likeness (QED) is 0.172. The highest BCUT2D eigenvalue weighted by atomic mass is 127. The summed E-state index contributed by atoms with van der Waals surface area (Å²) in [5.74, 6) is 0.703. The van der Waals surface area contributed by atoms with Crippen molar-refractivity contribution < 1.29 is 9.84 Å².